The second-order valence-corrected chi connectivity index (χ2v) is 4.97. The SMILES string of the molecule is COc1ccnc(COc2ccccc2C(C)C)c1OC. The average Bonchev–Trinajstić information content (AvgIpc) is 2.52. The van der Waals surface area contributed by atoms with E-state index < -0.39 is 0 Å². The molecule has 4 heteroatoms. The summed E-state index contributed by atoms with van der Waals surface area (Å²) >= 11 is 0. The molecule has 1 heterocycles. The Bertz CT molecular complexity index is 596. The van der Waals surface area contributed by atoms with Crippen molar-refractivity contribution < 1.29 is 14.2 Å². The molecule has 2 aromatic rings. The van der Waals surface area contributed by atoms with Gasteiger partial charge in [0.15, 0.2) is 11.5 Å². The topological polar surface area (TPSA) is 40.6 Å². The van der Waals surface area contributed by atoms with E-state index in [1.54, 1.807) is 26.5 Å². The molecule has 2 rings (SSSR count). The zero-order chi connectivity index (χ0) is 15.2. The van der Waals surface area contributed by atoms with Gasteiger partial charge in [0.25, 0.3) is 0 Å². The number of pyridine rings is 1. The van der Waals surface area contributed by atoms with Gasteiger partial charge in [-0.25, -0.2) is 0 Å². The van der Waals surface area contributed by atoms with E-state index in [4.69, 9.17) is 14.2 Å². The van der Waals surface area contributed by atoms with E-state index in [1.807, 2.05) is 18.2 Å². The Morgan fingerprint density at radius 2 is 1.76 bits per heavy atom. The van der Waals surface area contributed by atoms with E-state index >= 15 is 0 Å². The molecule has 0 aliphatic heterocycles. The predicted octanol–water partition coefficient (Wildman–Crippen LogP) is 3.80. The van der Waals surface area contributed by atoms with Crippen molar-refractivity contribution in [2.24, 2.45) is 0 Å². The number of rotatable bonds is 6. The van der Waals surface area contributed by atoms with E-state index in [1.165, 1.54) is 5.56 Å². The van der Waals surface area contributed by atoms with Crippen molar-refractivity contribution in [3.8, 4) is 17.2 Å². The summed E-state index contributed by atoms with van der Waals surface area (Å²) in [5.41, 5.74) is 1.90. The number of hydrogen-bond donors (Lipinski definition) is 0. The van der Waals surface area contributed by atoms with E-state index in [0.29, 0.717) is 24.0 Å². The van der Waals surface area contributed by atoms with Gasteiger partial charge in [-0.05, 0) is 17.5 Å². The van der Waals surface area contributed by atoms with Gasteiger partial charge in [-0.15, -0.1) is 0 Å². The summed E-state index contributed by atoms with van der Waals surface area (Å²) in [5.74, 6) is 2.55. The van der Waals surface area contributed by atoms with Crippen LogP contribution in [0.5, 0.6) is 17.2 Å². The maximum Gasteiger partial charge on any atom is 0.185 e. The van der Waals surface area contributed by atoms with E-state index in [2.05, 4.69) is 24.9 Å². The summed E-state index contributed by atoms with van der Waals surface area (Å²) in [6.07, 6.45) is 1.69. The highest BCUT2D eigenvalue weighted by Crippen LogP contribution is 2.31. The number of aromatic nitrogens is 1. The zero-order valence-electron chi connectivity index (χ0n) is 12.9. The molecule has 0 saturated carbocycles. The first kappa shape index (κ1) is 15.2. The fourth-order valence-electron chi connectivity index (χ4n) is 2.19. The first-order valence-corrected chi connectivity index (χ1v) is 6.95. The van der Waals surface area contributed by atoms with Gasteiger partial charge in [-0.3, -0.25) is 4.98 Å². The quantitative estimate of drug-likeness (QED) is 0.810. The molecule has 0 saturated heterocycles. The predicted molar refractivity (Wildman–Crippen MR) is 82.2 cm³/mol. The highest BCUT2D eigenvalue weighted by Gasteiger charge is 2.13. The van der Waals surface area contributed by atoms with E-state index in [9.17, 15) is 0 Å². The smallest absolute Gasteiger partial charge is 0.185 e. The molecule has 0 spiro atoms. The van der Waals surface area contributed by atoms with Crippen LogP contribution in [0.4, 0.5) is 0 Å². The number of methoxy groups -OCH3 is 2. The third-order valence-electron chi connectivity index (χ3n) is 3.27. The van der Waals surface area contributed by atoms with Gasteiger partial charge in [0, 0.05) is 12.3 Å². The van der Waals surface area contributed by atoms with Crippen molar-refractivity contribution >= 4 is 0 Å². The van der Waals surface area contributed by atoms with Gasteiger partial charge in [-0.2, -0.15) is 0 Å². The molecular weight excluding hydrogens is 266 g/mol. The average molecular weight is 287 g/mol. The summed E-state index contributed by atoms with van der Waals surface area (Å²) < 4.78 is 16.6. The Morgan fingerprint density at radius 3 is 2.43 bits per heavy atom. The Labute approximate surface area is 125 Å². The monoisotopic (exact) mass is 287 g/mol. The Morgan fingerprint density at radius 1 is 1.00 bits per heavy atom. The summed E-state index contributed by atoms with van der Waals surface area (Å²) in [4.78, 5) is 4.32. The molecule has 0 amide bonds. The Balaban J connectivity index is 2.21. The van der Waals surface area contributed by atoms with Gasteiger partial charge in [0.1, 0.15) is 18.1 Å². The minimum atomic E-state index is 0.337. The lowest BCUT2D eigenvalue weighted by Crippen LogP contribution is -2.04. The third kappa shape index (κ3) is 3.45. The van der Waals surface area contributed by atoms with Crippen molar-refractivity contribution in [3.05, 3.63) is 47.8 Å². The highest BCUT2D eigenvalue weighted by atomic mass is 16.5. The Hall–Kier alpha value is -2.23. The van der Waals surface area contributed by atoms with E-state index in [-0.39, 0.29) is 0 Å². The molecule has 0 aliphatic carbocycles. The highest BCUT2D eigenvalue weighted by molar-refractivity contribution is 5.43. The van der Waals surface area contributed by atoms with Crippen LogP contribution < -0.4 is 14.2 Å². The lowest BCUT2D eigenvalue weighted by molar-refractivity contribution is 0.281. The molecule has 0 atom stereocenters. The van der Waals surface area contributed by atoms with Crippen LogP contribution in [0.15, 0.2) is 36.5 Å². The first-order chi connectivity index (χ1) is 10.2. The van der Waals surface area contributed by atoms with Crippen LogP contribution in [0.25, 0.3) is 0 Å². The first-order valence-electron chi connectivity index (χ1n) is 6.95. The normalized spacial score (nSPS) is 10.5. The van der Waals surface area contributed by atoms with Crippen LogP contribution in [0.2, 0.25) is 0 Å². The summed E-state index contributed by atoms with van der Waals surface area (Å²) in [6.45, 7) is 4.63. The minimum Gasteiger partial charge on any atom is -0.493 e. The van der Waals surface area contributed by atoms with Crippen molar-refractivity contribution in [3.63, 3.8) is 0 Å². The van der Waals surface area contributed by atoms with Gasteiger partial charge in [0.05, 0.1) is 14.2 Å². The fraction of sp³-hybridized carbons (Fsp3) is 0.353. The summed E-state index contributed by atoms with van der Waals surface area (Å²) in [7, 11) is 3.21. The molecule has 4 nitrogen and oxygen atoms in total. The molecule has 0 aliphatic rings. The summed E-state index contributed by atoms with van der Waals surface area (Å²) in [6, 6.07) is 9.81. The third-order valence-corrected chi connectivity index (χ3v) is 3.27. The van der Waals surface area contributed by atoms with Gasteiger partial charge in [0.2, 0.25) is 0 Å². The maximum atomic E-state index is 5.93. The lowest BCUT2D eigenvalue weighted by Gasteiger charge is -2.15. The maximum absolute atomic E-state index is 5.93. The molecular formula is C17H21NO3. The van der Waals surface area contributed by atoms with Crippen molar-refractivity contribution in [2.75, 3.05) is 14.2 Å². The Kier molecular flexibility index (Phi) is 5.04. The molecule has 0 radical (unpaired) electrons. The lowest BCUT2D eigenvalue weighted by atomic mass is 10.0. The van der Waals surface area contributed by atoms with Crippen LogP contribution in [0.1, 0.15) is 31.0 Å². The van der Waals surface area contributed by atoms with E-state index in [0.717, 1.165) is 11.4 Å². The van der Waals surface area contributed by atoms with Crippen LogP contribution in [-0.4, -0.2) is 19.2 Å². The van der Waals surface area contributed by atoms with Crippen LogP contribution in [-0.2, 0) is 6.61 Å². The molecule has 1 aromatic carbocycles. The molecule has 0 unspecified atom stereocenters. The number of hydrogen-bond acceptors (Lipinski definition) is 4. The van der Waals surface area contributed by atoms with Crippen molar-refractivity contribution in [1.29, 1.82) is 0 Å². The molecule has 0 fully saturated rings. The molecule has 0 bridgehead atoms. The molecule has 112 valence electrons. The number of benzene rings is 1. The largest absolute Gasteiger partial charge is 0.493 e. The van der Waals surface area contributed by atoms with Crippen molar-refractivity contribution in [1.82, 2.24) is 4.98 Å². The van der Waals surface area contributed by atoms with Crippen molar-refractivity contribution in [2.45, 2.75) is 26.4 Å². The standard InChI is InChI=1S/C17H21NO3/c1-12(2)13-7-5-6-8-15(13)21-11-14-17(20-4)16(19-3)9-10-18-14/h5-10,12H,11H2,1-4H3. The molecule has 1 aromatic heterocycles. The van der Waals surface area contributed by atoms with Gasteiger partial charge >= 0.3 is 0 Å². The second-order valence-electron chi connectivity index (χ2n) is 4.97. The van der Waals surface area contributed by atoms with Crippen LogP contribution in [0.3, 0.4) is 0 Å². The number of nitrogens with zero attached hydrogens (tertiary/aromatic N) is 1. The molecule has 21 heavy (non-hydrogen) atoms. The number of para-hydroxylation sites is 1. The molecule has 0 N–H and O–H groups in total. The number of ether oxygens (including phenoxy) is 3. The zero-order valence-corrected chi connectivity index (χ0v) is 12.9. The van der Waals surface area contributed by atoms with Gasteiger partial charge in [-0.1, -0.05) is 32.0 Å². The van der Waals surface area contributed by atoms with Crippen LogP contribution in [0, 0.1) is 0 Å². The van der Waals surface area contributed by atoms with Gasteiger partial charge < -0.3 is 14.2 Å². The minimum absolute atomic E-state index is 0.337. The van der Waals surface area contributed by atoms with Crippen LogP contribution >= 0.6 is 0 Å². The fourth-order valence-corrected chi connectivity index (χ4v) is 2.19. The summed E-state index contributed by atoms with van der Waals surface area (Å²) in [5, 5.41) is 0. The second kappa shape index (κ2) is 6.97.